The normalized spacial score (nSPS) is 12.3. The van der Waals surface area contributed by atoms with Crippen LogP contribution in [0.4, 0.5) is 5.00 Å². The lowest BCUT2D eigenvalue weighted by Gasteiger charge is -2.06. The van der Waals surface area contributed by atoms with Gasteiger partial charge in [-0.05, 0) is 42.5 Å². The summed E-state index contributed by atoms with van der Waals surface area (Å²) in [4.78, 5) is 25.0. The van der Waals surface area contributed by atoms with E-state index in [1.807, 2.05) is 0 Å². The molecular formula is C18H15ClN2O3S. The maximum Gasteiger partial charge on any atom is 0.310 e. The molecule has 0 radical (unpaired) electrons. The summed E-state index contributed by atoms with van der Waals surface area (Å²) in [5, 5.41) is 13.1. The van der Waals surface area contributed by atoms with Crippen molar-refractivity contribution < 1.29 is 14.3 Å². The number of nitrogens with zero attached hydrogens (tertiary/aromatic N) is 1. The molecule has 7 heteroatoms. The monoisotopic (exact) mass is 374 g/mol. The first-order chi connectivity index (χ1) is 12.1. The third-order valence-corrected chi connectivity index (χ3v) is 5.37. The molecule has 0 bridgehead atoms. The smallest absolute Gasteiger partial charge is 0.310 e. The Balaban J connectivity index is 1.52. The number of hydrogen-bond donors (Lipinski definition) is 1. The number of fused-ring (bicyclic) bond motifs is 1. The average Bonchev–Trinajstić information content (AvgIpc) is 3.15. The van der Waals surface area contributed by atoms with Crippen molar-refractivity contribution in [1.82, 2.24) is 0 Å². The molecule has 1 aliphatic rings. The molecule has 1 aliphatic carbocycles. The van der Waals surface area contributed by atoms with E-state index in [1.165, 1.54) is 11.3 Å². The molecule has 1 amide bonds. The van der Waals surface area contributed by atoms with Gasteiger partial charge in [0.2, 0.25) is 0 Å². The Morgan fingerprint density at radius 2 is 2.04 bits per heavy atom. The summed E-state index contributed by atoms with van der Waals surface area (Å²) in [6.07, 6.45) is 2.94. The number of carbonyl (C=O) groups excluding carboxylic acids is 2. The molecule has 0 unspecified atom stereocenters. The van der Waals surface area contributed by atoms with Crippen molar-refractivity contribution in [2.75, 3.05) is 11.9 Å². The predicted octanol–water partition coefficient (Wildman–Crippen LogP) is 3.49. The van der Waals surface area contributed by atoms with Crippen molar-refractivity contribution in [3.05, 3.63) is 50.9 Å². The van der Waals surface area contributed by atoms with Gasteiger partial charge < -0.3 is 10.1 Å². The first kappa shape index (κ1) is 17.5. The number of hydrogen-bond acceptors (Lipinski definition) is 5. The van der Waals surface area contributed by atoms with Gasteiger partial charge in [0.15, 0.2) is 6.61 Å². The molecule has 5 nitrogen and oxygen atoms in total. The van der Waals surface area contributed by atoms with Crippen LogP contribution in [0.2, 0.25) is 5.02 Å². The molecule has 25 heavy (non-hydrogen) atoms. The second-order valence-electron chi connectivity index (χ2n) is 5.69. The molecule has 1 heterocycles. The number of halogens is 1. The van der Waals surface area contributed by atoms with Crippen molar-refractivity contribution in [3.63, 3.8) is 0 Å². The Morgan fingerprint density at radius 1 is 1.28 bits per heavy atom. The summed E-state index contributed by atoms with van der Waals surface area (Å²) in [6, 6.07) is 9.01. The summed E-state index contributed by atoms with van der Waals surface area (Å²) >= 11 is 7.22. The number of carbonyl (C=O) groups is 2. The third-order valence-electron chi connectivity index (χ3n) is 3.91. The van der Waals surface area contributed by atoms with Gasteiger partial charge in [-0.3, -0.25) is 9.59 Å². The summed E-state index contributed by atoms with van der Waals surface area (Å²) in [6.45, 7) is -0.375. The van der Waals surface area contributed by atoms with E-state index in [0.717, 1.165) is 35.3 Å². The number of anilines is 1. The Bertz CT molecular complexity index is 852. The van der Waals surface area contributed by atoms with Gasteiger partial charge in [-0.15, -0.1) is 11.3 Å². The van der Waals surface area contributed by atoms with Crippen LogP contribution in [0.3, 0.4) is 0 Å². The number of rotatable bonds is 5. The fourth-order valence-corrected chi connectivity index (χ4v) is 4.12. The van der Waals surface area contributed by atoms with Gasteiger partial charge >= 0.3 is 5.97 Å². The van der Waals surface area contributed by atoms with Crippen molar-refractivity contribution in [2.45, 2.75) is 25.7 Å². The molecule has 0 aliphatic heterocycles. The molecule has 1 aromatic heterocycles. The highest BCUT2D eigenvalue weighted by molar-refractivity contribution is 7.16. The highest BCUT2D eigenvalue weighted by Crippen LogP contribution is 2.38. The van der Waals surface area contributed by atoms with E-state index in [2.05, 4.69) is 11.4 Å². The zero-order valence-electron chi connectivity index (χ0n) is 13.3. The summed E-state index contributed by atoms with van der Waals surface area (Å²) in [5.74, 6) is -0.937. The number of aryl methyl sites for hydroxylation is 1. The molecule has 0 atom stereocenters. The number of nitriles is 1. The van der Waals surface area contributed by atoms with E-state index in [4.69, 9.17) is 16.3 Å². The van der Waals surface area contributed by atoms with Crippen molar-refractivity contribution >= 4 is 39.8 Å². The summed E-state index contributed by atoms with van der Waals surface area (Å²) in [7, 11) is 0. The van der Waals surface area contributed by atoms with Crippen LogP contribution in [0.5, 0.6) is 0 Å². The van der Waals surface area contributed by atoms with Crippen LogP contribution in [0, 0.1) is 11.3 Å². The molecular weight excluding hydrogens is 360 g/mol. The van der Waals surface area contributed by atoms with E-state index in [1.54, 1.807) is 24.3 Å². The van der Waals surface area contributed by atoms with Gasteiger partial charge in [0.25, 0.3) is 5.91 Å². The van der Waals surface area contributed by atoms with E-state index in [-0.39, 0.29) is 13.0 Å². The number of thiophene rings is 1. The minimum atomic E-state index is -0.494. The number of esters is 1. The molecule has 0 saturated carbocycles. The van der Waals surface area contributed by atoms with Crippen LogP contribution in [0.1, 0.15) is 28.0 Å². The van der Waals surface area contributed by atoms with E-state index < -0.39 is 11.9 Å². The van der Waals surface area contributed by atoms with Crippen molar-refractivity contribution in [1.29, 1.82) is 5.26 Å². The maximum atomic E-state index is 12.0. The zero-order valence-corrected chi connectivity index (χ0v) is 14.9. The van der Waals surface area contributed by atoms with Crippen molar-refractivity contribution in [2.24, 2.45) is 0 Å². The van der Waals surface area contributed by atoms with Gasteiger partial charge in [-0.2, -0.15) is 5.26 Å². The second kappa shape index (κ2) is 7.68. The van der Waals surface area contributed by atoms with Gasteiger partial charge in [-0.1, -0.05) is 23.7 Å². The van der Waals surface area contributed by atoms with Crippen LogP contribution in [0.15, 0.2) is 24.3 Å². The van der Waals surface area contributed by atoms with Gasteiger partial charge in [0.05, 0.1) is 12.0 Å². The molecule has 0 fully saturated rings. The minimum Gasteiger partial charge on any atom is -0.455 e. The number of benzene rings is 1. The molecule has 0 spiro atoms. The Labute approximate surface area is 154 Å². The molecule has 1 aromatic carbocycles. The highest BCUT2D eigenvalue weighted by Gasteiger charge is 2.23. The van der Waals surface area contributed by atoms with Gasteiger partial charge in [0.1, 0.15) is 11.1 Å². The highest BCUT2D eigenvalue weighted by atomic mass is 35.5. The largest absolute Gasteiger partial charge is 0.455 e. The molecule has 128 valence electrons. The topological polar surface area (TPSA) is 79.2 Å². The van der Waals surface area contributed by atoms with Gasteiger partial charge in [-0.25, -0.2) is 0 Å². The lowest BCUT2D eigenvalue weighted by Crippen LogP contribution is -2.21. The number of nitrogens with one attached hydrogen (secondary N) is 1. The van der Waals surface area contributed by atoms with Crippen molar-refractivity contribution in [3.8, 4) is 6.07 Å². The molecule has 0 saturated heterocycles. The van der Waals surface area contributed by atoms with E-state index in [9.17, 15) is 14.9 Å². The van der Waals surface area contributed by atoms with Crippen LogP contribution >= 0.6 is 22.9 Å². The minimum absolute atomic E-state index is 0.0706. The van der Waals surface area contributed by atoms with Gasteiger partial charge in [0, 0.05) is 9.90 Å². The van der Waals surface area contributed by atoms with E-state index >= 15 is 0 Å². The Kier molecular flexibility index (Phi) is 5.37. The first-order valence-corrected chi connectivity index (χ1v) is 9.01. The number of amides is 1. The molecule has 1 N–H and O–H groups in total. The second-order valence-corrected chi connectivity index (χ2v) is 7.23. The average molecular weight is 375 g/mol. The van der Waals surface area contributed by atoms with Crippen LogP contribution < -0.4 is 5.32 Å². The first-order valence-electron chi connectivity index (χ1n) is 7.81. The van der Waals surface area contributed by atoms with Crippen LogP contribution in [-0.2, 0) is 33.6 Å². The molecule has 3 rings (SSSR count). The quantitative estimate of drug-likeness (QED) is 0.812. The van der Waals surface area contributed by atoms with E-state index in [0.29, 0.717) is 15.6 Å². The SMILES string of the molecule is N#Cc1c(NC(=O)COC(=O)Cc2ccc(Cl)cc2)sc2c1CCC2. The summed E-state index contributed by atoms with van der Waals surface area (Å²) < 4.78 is 5.00. The number of ether oxygens (including phenoxy) is 1. The maximum absolute atomic E-state index is 12.0. The standard InChI is InChI=1S/C18H15ClN2O3S/c19-12-6-4-11(5-7-12)8-17(23)24-10-16(22)21-18-14(9-20)13-2-1-3-15(13)25-18/h4-7H,1-3,8,10H2,(H,21,22). The summed E-state index contributed by atoms with van der Waals surface area (Å²) in [5.41, 5.74) is 2.34. The van der Waals surface area contributed by atoms with Crippen LogP contribution in [-0.4, -0.2) is 18.5 Å². The third kappa shape index (κ3) is 4.19. The Morgan fingerprint density at radius 3 is 2.76 bits per heavy atom. The molecule has 2 aromatic rings. The zero-order chi connectivity index (χ0) is 17.8. The van der Waals surface area contributed by atoms with Crippen LogP contribution in [0.25, 0.3) is 0 Å². The fraction of sp³-hybridized carbons (Fsp3) is 0.278. The lowest BCUT2D eigenvalue weighted by atomic mass is 10.1. The predicted molar refractivity (Wildman–Crippen MR) is 95.8 cm³/mol. The fourth-order valence-electron chi connectivity index (χ4n) is 2.74. The lowest BCUT2D eigenvalue weighted by molar-refractivity contribution is -0.146. The Hall–Kier alpha value is -2.36.